The van der Waals surface area contributed by atoms with Crippen LogP contribution in [0.3, 0.4) is 0 Å². The van der Waals surface area contributed by atoms with Crippen molar-refractivity contribution < 1.29 is 19.0 Å². The second-order valence-corrected chi connectivity index (χ2v) is 7.25. The van der Waals surface area contributed by atoms with E-state index in [2.05, 4.69) is 26.5 Å². The van der Waals surface area contributed by atoms with Gasteiger partial charge in [-0.3, -0.25) is 5.43 Å². The van der Waals surface area contributed by atoms with Crippen LogP contribution in [0.15, 0.2) is 70.2 Å². The van der Waals surface area contributed by atoms with Crippen molar-refractivity contribution in [3.8, 4) is 5.75 Å². The monoisotopic (exact) mass is 476 g/mol. The number of nitrogens with zero attached hydrogens (tertiary/aromatic N) is 1. The highest BCUT2D eigenvalue weighted by molar-refractivity contribution is 9.10. The summed E-state index contributed by atoms with van der Waals surface area (Å²) in [6, 6.07) is 16.2. The van der Waals surface area contributed by atoms with Crippen LogP contribution in [0.25, 0.3) is 0 Å². The van der Waals surface area contributed by atoms with Gasteiger partial charge < -0.3 is 9.84 Å². The maximum absolute atomic E-state index is 13.8. The fraction of sp³-hybridized carbons (Fsp3) is 0.0476. The lowest BCUT2D eigenvalue weighted by Crippen LogP contribution is -2.01. The molecule has 0 fully saturated rings. The number of nitrogens with one attached hydrogen (secondary N) is 1. The van der Waals surface area contributed by atoms with Crippen molar-refractivity contribution in [3.05, 3.63) is 92.7 Å². The zero-order valence-corrected chi connectivity index (χ0v) is 17.2. The van der Waals surface area contributed by atoms with E-state index < -0.39 is 5.97 Å². The molecular formula is C21H15BrClFN2O3. The lowest BCUT2D eigenvalue weighted by atomic mass is 10.2. The van der Waals surface area contributed by atoms with E-state index in [1.807, 2.05) is 0 Å². The molecular weight excluding hydrogens is 463 g/mol. The number of anilines is 1. The molecule has 3 aromatic rings. The first-order valence-corrected chi connectivity index (χ1v) is 9.59. The molecule has 0 aromatic heterocycles. The zero-order valence-electron chi connectivity index (χ0n) is 14.9. The summed E-state index contributed by atoms with van der Waals surface area (Å²) < 4.78 is 20.4. The van der Waals surface area contributed by atoms with E-state index in [0.717, 1.165) is 4.47 Å². The third-order valence-electron chi connectivity index (χ3n) is 3.91. The Morgan fingerprint density at radius 3 is 2.76 bits per heavy atom. The Bertz CT molecular complexity index is 1080. The van der Waals surface area contributed by atoms with E-state index >= 15 is 0 Å². The van der Waals surface area contributed by atoms with Crippen LogP contribution < -0.4 is 10.2 Å². The molecule has 0 radical (unpaired) electrons. The molecule has 3 aromatic carbocycles. The molecule has 0 aliphatic rings. The Hall–Kier alpha value is -2.90. The first-order valence-electron chi connectivity index (χ1n) is 8.41. The summed E-state index contributed by atoms with van der Waals surface area (Å²) in [5, 5.41) is 13.4. The normalized spacial score (nSPS) is 10.9. The minimum absolute atomic E-state index is 0.0248. The van der Waals surface area contributed by atoms with Crippen molar-refractivity contribution in [2.24, 2.45) is 5.10 Å². The molecule has 0 saturated heterocycles. The molecule has 29 heavy (non-hydrogen) atoms. The Labute approximate surface area is 179 Å². The van der Waals surface area contributed by atoms with Gasteiger partial charge in [0.2, 0.25) is 0 Å². The van der Waals surface area contributed by atoms with Crippen LogP contribution in [0.4, 0.5) is 10.1 Å². The summed E-state index contributed by atoms with van der Waals surface area (Å²) in [7, 11) is 0. The molecule has 0 bridgehead atoms. The Balaban J connectivity index is 1.75. The summed E-state index contributed by atoms with van der Waals surface area (Å²) in [5.74, 6) is -0.943. The maximum Gasteiger partial charge on any atom is 0.337 e. The first kappa shape index (κ1) is 20.8. The van der Waals surface area contributed by atoms with E-state index in [1.54, 1.807) is 42.5 Å². The van der Waals surface area contributed by atoms with Crippen LogP contribution in [-0.4, -0.2) is 17.3 Å². The van der Waals surface area contributed by atoms with Gasteiger partial charge in [-0.05, 0) is 42.5 Å². The fourth-order valence-corrected chi connectivity index (χ4v) is 3.03. The first-order chi connectivity index (χ1) is 13.9. The van der Waals surface area contributed by atoms with Crippen molar-refractivity contribution >= 4 is 45.4 Å². The summed E-state index contributed by atoms with van der Waals surface area (Å²) >= 11 is 9.26. The number of hydrogen-bond acceptors (Lipinski definition) is 4. The average molecular weight is 478 g/mol. The van der Waals surface area contributed by atoms with Crippen LogP contribution in [0.1, 0.15) is 21.5 Å². The number of hydrogen-bond donors (Lipinski definition) is 2. The number of carboxylic acid groups (broad SMARTS) is 1. The largest absolute Gasteiger partial charge is 0.488 e. The number of halogens is 3. The summed E-state index contributed by atoms with van der Waals surface area (Å²) in [5.41, 5.74) is 4.29. The number of ether oxygens (including phenoxy) is 1. The Morgan fingerprint density at radius 1 is 1.21 bits per heavy atom. The van der Waals surface area contributed by atoms with Gasteiger partial charge in [0.1, 0.15) is 18.2 Å². The van der Waals surface area contributed by atoms with Gasteiger partial charge in [-0.25, -0.2) is 9.18 Å². The van der Waals surface area contributed by atoms with Crippen molar-refractivity contribution in [1.29, 1.82) is 0 Å². The number of aromatic carboxylic acids is 1. The van der Waals surface area contributed by atoms with Gasteiger partial charge in [-0.2, -0.15) is 5.10 Å². The number of rotatable bonds is 7. The topological polar surface area (TPSA) is 70.9 Å². The molecule has 0 spiro atoms. The molecule has 0 saturated carbocycles. The molecule has 0 unspecified atom stereocenters. The third-order valence-corrected chi connectivity index (χ3v) is 4.73. The second kappa shape index (κ2) is 9.54. The second-order valence-electron chi connectivity index (χ2n) is 5.93. The van der Waals surface area contributed by atoms with E-state index in [4.69, 9.17) is 21.4 Å². The molecule has 0 aliphatic carbocycles. The smallest absolute Gasteiger partial charge is 0.337 e. The van der Waals surface area contributed by atoms with Crippen molar-refractivity contribution in [1.82, 2.24) is 0 Å². The molecule has 0 atom stereocenters. The summed E-state index contributed by atoms with van der Waals surface area (Å²) in [6.45, 7) is 0.0712. The van der Waals surface area contributed by atoms with Crippen LogP contribution >= 0.6 is 27.5 Å². The molecule has 148 valence electrons. The maximum atomic E-state index is 13.8. The minimum atomic E-state index is -1.13. The van der Waals surface area contributed by atoms with Gasteiger partial charge >= 0.3 is 5.97 Å². The fourth-order valence-electron chi connectivity index (χ4n) is 2.46. The van der Waals surface area contributed by atoms with Crippen LogP contribution in [0, 0.1) is 5.82 Å². The Morgan fingerprint density at radius 2 is 2.00 bits per heavy atom. The van der Waals surface area contributed by atoms with Crippen LogP contribution in [0.5, 0.6) is 5.75 Å². The van der Waals surface area contributed by atoms with E-state index in [1.165, 1.54) is 24.4 Å². The highest BCUT2D eigenvalue weighted by atomic mass is 79.9. The Kier molecular flexibility index (Phi) is 6.85. The molecule has 5 nitrogen and oxygen atoms in total. The van der Waals surface area contributed by atoms with Gasteiger partial charge in [0.15, 0.2) is 0 Å². The lowest BCUT2D eigenvalue weighted by Gasteiger charge is -2.10. The number of carbonyl (C=O) groups is 1. The third kappa shape index (κ3) is 5.56. The molecule has 0 heterocycles. The summed E-state index contributed by atoms with van der Waals surface area (Å²) in [6.07, 6.45) is 1.52. The molecule has 0 amide bonds. The molecule has 2 N–H and O–H groups in total. The van der Waals surface area contributed by atoms with Crippen LogP contribution in [-0.2, 0) is 6.61 Å². The van der Waals surface area contributed by atoms with Gasteiger partial charge in [-0.1, -0.05) is 45.7 Å². The number of carboxylic acids is 1. The lowest BCUT2D eigenvalue weighted by molar-refractivity contribution is 0.0697. The van der Waals surface area contributed by atoms with Gasteiger partial charge in [0.05, 0.1) is 22.5 Å². The minimum Gasteiger partial charge on any atom is -0.488 e. The van der Waals surface area contributed by atoms with Crippen LogP contribution in [0.2, 0.25) is 5.02 Å². The molecule has 8 heteroatoms. The molecule has 3 rings (SSSR count). The zero-order chi connectivity index (χ0) is 20.8. The van der Waals surface area contributed by atoms with E-state index in [-0.39, 0.29) is 23.0 Å². The van der Waals surface area contributed by atoms with E-state index in [9.17, 15) is 9.18 Å². The highest BCUT2D eigenvalue weighted by Gasteiger charge is 2.09. The predicted molar refractivity (Wildman–Crippen MR) is 115 cm³/mol. The standard InChI is InChI=1S/C21H15BrClFN2O3/c22-15-5-8-20(29-12-13-3-1-2-4-19(13)24)14(9-15)11-25-26-16-6-7-18(23)17(10-16)21(27)28/h1-11,26H,12H2,(H,27,28). The highest BCUT2D eigenvalue weighted by Crippen LogP contribution is 2.24. The van der Waals surface area contributed by atoms with E-state index in [0.29, 0.717) is 22.6 Å². The summed E-state index contributed by atoms with van der Waals surface area (Å²) in [4.78, 5) is 11.2. The number of benzene rings is 3. The predicted octanol–water partition coefficient (Wildman–Crippen LogP) is 5.96. The average Bonchev–Trinajstić information content (AvgIpc) is 2.69. The molecule has 0 aliphatic heterocycles. The quantitative estimate of drug-likeness (QED) is 0.325. The number of hydrazone groups is 1. The van der Waals surface area contributed by atoms with Gasteiger partial charge in [0.25, 0.3) is 0 Å². The van der Waals surface area contributed by atoms with Crippen molar-refractivity contribution in [2.45, 2.75) is 6.61 Å². The van der Waals surface area contributed by atoms with Crippen molar-refractivity contribution in [3.63, 3.8) is 0 Å². The van der Waals surface area contributed by atoms with Gasteiger partial charge in [0, 0.05) is 15.6 Å². The SMILES string of the molecule is O=C(O)c1cc(NN=Cc2cc(Br)ccc2OCc2ccccc2F)ccc1Cl. The van der Waals surface area contributed by atoms with Gasteiger partial charge in [-0.15, -0.1) is 0 Å². The van der Waals surface area contributed by atoms with Crippen molar-refractivity contribution in [2.75, 3.05) is 5.43 Å².